The summed E-state index contributed by atoms with van der Waals surface area (Å²) in [4.78, 5) is 20.9. The van der Waals surface area contributed by atoms with Crippen molar-refractivity contribution in [2.75, 3.05) is 37.7 Å². The van der Waals surface area contributed by atoms with Crippen LogP contribution in [0.3, 0.4) is 0 Å². The number of anilines is 1. The minimum atomic E-state index is -0.918. The smallest absolute Gasteiger partial charge is 0.335 e. The highest BCUT2D eigenvalue weighted by atomic mass is 35.5. The molecule has 0 amide bonds. The second-order valence-electron chi connectivity index (χ2n) is 11.1. The molecule has 2 aliphatic heterocycles. The second kappa shape index (κ2) is 13.1. The average Bonchev–Trinajstić information content (AvgIpc) is 2.93. The van der Waals surface area contributed by atoms with Crippen molar-refractivity contribution in [1.29, 1.82) is 0 Å². The Bertz CT molecular complexity index is 1400. The number of ether oxygens (including phenoxy) is 2. The zero-order chi connectivity index (χ0) is 28.9. The number of halogens is 1. The largest absolute Gasteiger partial charge is 0.478 e. The van der Waals surface area contributed by atoms with Gasteiger partial charge in [-0.25, -0.2) is 9.78 Å². The molecule has 0 radical (unpaired) electrons. The van der Waals surface area contributed by atoms with Crippen LogP contribution < -0.4 is 9.64 Å². The summed E-state index contributed by atoms with van der Waals surface area (Å²) in [6.07, 6.45) is 3.22. The topological polar surface area (TPSA) is 75.1 Å². The minimum Gasteiger partial charge on any atom is -0.478 e. The van der Waals surface area contributed by atoms with E-state index in [0.717, 1.165) is 90.8 Å². The van der Waals surface area contributed by atoms with Crippen molar-refractivity contribution < 1.29 is 19.4 Å². The first-order chi connectivity index (χ1) is 19.8. The van der Waals surface area contributed by atoms with Crippen molar-refractivity contribution in [1.82, 2.24) is 9.88 Å². The molecule has 1 aromatic heterocycles. The number of hydrogen-bond acceptors (Lipinski definition) is 6. The van der Waals surface area contributed by atoms with E-state index in [0.29, 0.717) is 24.0 Å². The molecule has 216 valence electrons. The number of aryl methyl sites for hydroxylation is 2. The van der Waals surface area contributed by atoms with Crippen LogP contribution in [0, 0.1) is 13.8 Å². The van der Waals surface area contributed by atoms with Gasteiger partial charge in [0.05, 0.1) is 11.7 Å². The molecule has 2 aromatic carbocycles. The van der Waals surface area contributed by atoms with Crippen LogP contribution in [0.4, 0.5) is 5.69 Å². The van der Waals surface area contributed by atoms with Crippen molar-refractivity contribution in [3.8, 4) is 5.88 Å². The number of aromatic nitrogens is 1. The molecule has 5 rings (SSSR count). The summed E-state index contributed by atoms with van der Waals surface area (Å²) in [5.41, 5.74) is 6.48. The Kier molecular flexibility index (Phi) is 9.28. The lowest BCUT2D eigenvalue weighted by Gasteiger charge is -2.38. The fourth-order valence-electron chi connectivity index (χ4n) is 5.56. The van der Waals surface area contributed by atoms with Gasteiger partial charge in [-0.05, 0) is 99.3 Å². The standard InChI is InChI=1S/C33H38ClN3O4/c1-22-18-28(34)9-7-27(22)21-41-32-6-4-5-30(35-32)25-11-14-36(15-12-25)19-24(3)37(20-29-13-16-40-29)31-10-8-26(33(38)39)17-23(31)2/h4-10,17-18,25,29H,3,11-16,19-21H2,1-2H3,(H,38,39)/t29-/m0/s1. The molecule has 3 aromatic rings. The van der Waals surface area contributed by atoms with E-state index in [1.54, 1.807) is 12.1 Å². The molecule has 0 spiro atoms. The molecule has 41 heavy (non-hydrogen) atoms. The third kappa shape index (κ3) is 7.28. The Morgan fingerprint density at radius 3 is 2.56 bits per heavy atom. The number of hydrogen-bond donors (Lipinski definition) is 1. The summed E-state index contributed by atoms with van der Waals surface area (Å²) in [6, 6.07) is 17.2. The quantitative estimate of drug-likeness (QED) is 0.275. The Balaban J connectivity index is 1.18. The van der Waals surface area contributed by atoms with Crippen LogP contribution in [0.2, 0.25) is 5.02 Å². The number of piperidine rings is 1. The predicted molar refractivity (Wildman–Crippen MR) is 162 cm³/mol. The predicted octanol–water partition coefficient (Wildman–Crippen LogP) is 6.62. The maximum absolute atomic E-state index is 11.5. The maximum atomic E-state index is 11.5. The molecule has 7 nitrogen and oxygen atoms in total. The SMILES string of the molecule is C=C(CN1CCC(c2cccc(OCc3ccc(Cl)cc3C)n2)CC1)N(C[C@@H]1CCO1)c1ccc(C(=O)O)cc1C. The fourth-order valence-corrected chi connectivity index (χ4v) is 5.79. The molecule has 0 aliphatic carbocycles. The first kappa shape index (κ1) is 29.1. The molecule has 2 aliphatic rings. The van der Waals surface area contributed by atoms with Gasteiger partial charge in [0.15, 0.2) is 0 Å². The van der Waals surface area contributed by atoms with Crippen molar-refractivity contribution in [3.63, 3.8) is 0 Å². The molecular weight excluding hydrogens is 538 g/mol. The van der Waals surface area contributed by atoms with Crippen molar-refractivity contribution in [2.45, 2.75) is 51.7 Å². The maximum Gasteiger partial charge on any atom is 0.335 e. The Morgan fingerprint density at radius 1 is 1.12 bits per heavy atom. The van der Waals surface area contributed by atoms with Gasteiger partial charge in [0.2, 0.25) is 5.88 Å². The van der Waals surface area contributed by atoms with E-state index in [-0.39, 0.29) is 6.10 Å². The van der Waals surface area contributed by atoms with E-state index >= 15 is 0 Å². The van der Waals surface area contributed by atoms with Gasteiger partial charge in [0.25, 0.3) is 0 Å². The number of carbonyl (C=O) groups is 1. The van der Waals surface area contributed by atoms with Gasteiger partial charge in [0.1, 0.15) is 6.61 Å². The summed E-state index contributed by atoms with van der Waals surface area (Å²) < 4.78 is 11.8. The minimum absolute atomic E-state index is 0.167. The lowest BCUT2D eigenvalue weighted by atomic mass is 9.93. The van der Waals surface area contributed by atoms with Crippen molar-refractivity contribution >= 4 is 23.3 Å². The van der Waals surface area contributed by atoms with Gasteiger partial charge in [-0.15, -0.1) is 0 Å². The second-order valence-corrected chi connectivity index (χ2v) is 11.5. The van der Waals surface area contributed by atoms with Gasteiger partial charge in [-0.3, -0.25) is 4.90 Å². The van der Waals surface area contributed by atoms with Gasteiger partial charge in [-0.1, -0.05) is 30.3 Å². The summed E-state index contributed by atoms with van der Waals surface area (Å²) in [7, 11) is 0. The summed E-state index contributed by atoms with van der Waals surface area (Å²) in [5, 5.41) is 10.1. The van der Waals surface area contributed by atoms with Crippen LogP contribution in [0.25, 0.3) is 0 Å². The molecule has 3 heterocycles. The normalized spacial score (nSPS) is 17.6. The highest BCUT2D eigenvalue weighted by molar-refractivity contribution is 6.30. The Hall–Kier alpha value is -3.39. The molecule has 1 N–H and O–H groups in total. The van der Waals surface area contributed by atoms with Crippen molar-refractivity contribution in [2.24, 2.45) is 0 Å². The first-order valence-electron chi connectivity index (χ1n) is 14.2. The lowest BCUT2D eigenvalue weighted by molar-refractivity contribution is -0.0439. The van der Waals surface area contributed by atoms with E-state index in [1.807, 2.05) is 50.2 Å². The summed E-state index contributed by atoms with van der Waals surface area (Å²) in [5.74, 6) is 0.106. The molecule has 1 atom stereocenters. The van der Waals surface area contributed by atoms with Crippen LogP contribution in [0.5, 0.6) is 5.88 Å². The molecular formula is C33H38ClN3O4. The van der Waals surface area contributed by atoms with Crippen LogP contribution in [0.1, 0.15) is 57.9 Å². The van der Waals surface area contributed by atoms with Crippen LogP contribution in [-0.2, 0) is 11.3 Å². The van der Waals surface area contributed by atoms with E-state index in [2.05, 4.69) is 22.4 Å². The fraction of sp³-hybridized carbons (Fsp3) is 0.394. The van der Waals surface area contributed by atoms with E-state index in [9.17, 15) is 9.90 Å². The molecule has 2 saturated heterocycles. The molecule has 0 unspecified atom stereocenters. The average molecular weight is 576 g/mol. The van der Waals surface area contributed by atoms with Gasteiger partial charge in [0, 0.05) is 53.8 Å². The number of carboxylic acids is 1. The van der Waals surface area contributed by atoms with E-state index in [4.69, 9.17) is 26.1 Å². The van der Waals surface area contributed by atoms with E-state index in [1.165, 1.54) is 0 Å². The molecule has 0 bridgehead atoms. The van der Waals surface area contributed by atoms with Gasteiger partial charge >= 0.3 is 5.97 Å². The highest BCUT2D eigenvalue weighted by Crippen LogP contribution is 2.31. The zero-order valence-corrected chi connectivity index (χ0v) is 24.6. The number of aromatic carboxylic acids is 1. The lowest BCUT2D eigenvalue weighted by Crippen LogP contribution is -2.43. The van der Waals surface area contributed by atoms with Gasteiger partial charge in [-0.2, -0.15) is 0 Å². The number of rotatable bonds is 11. The van der Waals surface area contributed by atoms with Crippen molar-refractivity contribution in [3.05, 3.63) is 99.8 Å². The third-order valence-corrected chi connectivity index (χ3v) is 8.37. The van der Waals surface area contributed by atoms with Crippen LogP contribution in [-0.4, -0.2) is 59.8 Å². The zero-order valence-electron chi connectivity index (χ0n) is 23.8. The number of benzene rings is 2. The van der Waals surface area contributed by atoms with Gasteiger partial charge < -0.3 is 19.5 Å². The van der Waals surface area contributed by atoms with Crippen LogP contribution in [0.15, 0.2) is 66.9 Å². The number of carboxylic acid groups (broad SMARTS) is 1. The first-order valence-corrected chi connectivity index (χ1v) is 14.6. The molecule has 8 heteroatoms. The number of likely N-dealkylation sites (tertiary alicyclic amines) is 1. The monoisotopic (exact) mass is 575 g/mol. The summed E-state index contributed by atoms with van der Waals surface area (Å²) >= 11 is 6.08. The molecule has 0 saturated carbocycles. The Morgan fingerprint density at radius 2 is 1.90 bits per heavy atom. The van der Waals surface area contributed by atoms with Crippen LogP contribution >= 0.6 is 11.6 Å². The third-order valence-electron chi connectivity index (χ3n) is 8.13. The summed E-state index contributed by atoms with van der Waals surface area (Å²) in [6.45, 7) is 13.1. The van der Waals surface area contributed by atoms with E-state index < -0.39 is 5.97 Å². The number of pyridine rings is 1. The number of nitrogens with zero attached hydrogens (tertiary/aromatic N) is 3. The Labute approximate surface area is 247 Å². The molecule has 2 fully saturated rings. The highest BCUT2D eigenvalue weighted by Gasteiger charge is 2.27.